The van der Waals surface area contributed by atoms with Crippen LogP contribution < -0.4 is 0 Å². The summed E-state index contributed by atoms with van der Waals surface area (Å²) in [6, 6.07) is 0.572. The van der Waals surface area contributed by atoms with Crippen molar-refractivity contribution in [1.29, 1.82) is 0 Å². The van der Waals surface area contributed by atoms with Crippen LogP contribution in [0.25, 0.3) is 0 Å². The fourth-order valence-electron chi connectivity index (χ4n) is 2.70. The molecule has 0 spiro atoms. The fourth-order valence-corrected chi connectivity index (χ4v) is 2.70. The Morgan fingerprint density at radius 3 is 2.21 bits per heavy atom. The first-order chi connectivity index (χ1) is 6.44. The lowest BCUT2D eigenvalue weighted by Crippen LogP contribution is -2.51. The molecule has 1 rings (SSSR count). The average Bonchev–Trinajstić information content (AvgIpc) is 2.43. The Labute approximate surface area is 88.6 Å². The number of rotatable bonds is 3. The molecule has 0 unspecified atom stereocenters. The molecule has 0 aliphatic carbocycles. The monoisotopic (exact) mass is 199 g/mol. The van der Waals surface area contributed by atoms with E-state index >= 15 is 0 Å². The highest BCUT2D eigenvalue weighted by molar-refractivity contribution is 4.92. The van der Waals surface area contributed by atoms with E-state index in [1.54, 1.807) is 0 Å². The first kappa shape index (κ1) is 12.0. The third kappa shape index (κ3) is 1.82. The molecule has 2 heteroatoms. The lowest BCUT2D eigenvalue weighted by atomic mass is 9.94. The van der Waals surface area contributed by atoms with Crippen LogP contribution in [0.15, 0.2) is 0 Å². The third-order valence-electron chi connectivity index (χ3n) is 3.38. The molecule has 14 heavy (non-hydrogen) atoms. The first-order valence-electron chi connectivity index (χ1n) is 5.88. The van der Waals surface area contributed by atoms with Crippen molar-refractivity contribution in [3.8, 4) is 0 Å². The summed E-state index contributed by atoms with van der Waals surface area (Å²) >= 11 is 0. The van der Waals surface area contributed by atoms with Gasteiger partial charge in [-0.2, -0.15) is 0 Å². The van der Waals surface area contributed by atoms with Crippen LogP contribution in [-0.2, 0) is 4.74 Å². The van der Waals surface area contributed by atoms with Crippen molar-refractivity contribution in [3.63, 3.8) is 0 Å². The van der Waals surface area contributed by atoms with Crippen LogP contribution in [0.2, 0.25) is 0 Å². The molecule has 1 aliphatic rings. The van der Waals surface area contributed by atoms with E-state index in [9.17, 15) is 0 Å². The van der Waals surface area contributed by atoms with Crippen molar-refractivity contribution >= 4 is 0 Å². The van der Waals surface area contributed by atoms with E-state index in [1.807, 2.05) is 0 Å². The van der Waals surface area contributed by atoms with Gasteiger partial charge in [0.1, 0.15) is 5.72 Å². The molecule has 2 atom stereocenters. The summed E-state index contributed by atoms with van der Waals surface area (Å²) in [6.07, 6.45) is 1.45. The molecule has 0 aromatic carbocycles. The second-order valence-corrected chi connectivity index (χ2v) is 5.03. The Kier molecular flexibility index (Phi) is 3.59. The zero-order valence-corrected chi connectivity index (χ0v) is 10.5. The number of hydrogen-bond donors (Lipinski definition) is 0. The maximum Gasteiger partial charge on any atom is 0.124 e. The Hall–Kier alpha value is -0.0800. The van der Waals surface area contributed by atoms with E-state index in [2.05, 4.69) is 46.4 Å². The number of nitrogens with zero attached hydrogens (tertiary/aromatic N) is 1. The lowest BCUT2D eigenvalue weighted by Gasteiger charge is -2.42. The summed E-state index contributed by atoms with van der Waals surface area (Å²) in [4.78, 5) is 2.52. The van der Waals surface area contributed by atoms with Crippen molar-refractivity contribution in [2.45, 2.75) is 65.8 Å². The van der Waals surface area contributed by atoms with Gasteiger partial charge in [0.15, 0.2) is 0 Å². The largest absolute Gasteiger partial charge is 0.356 e. The Morgan fingerprint density at radius 2 is 1.93 bits per heavy atom. The van der Waals surface area contributed by atoms with E-state index in [0.717, 1.165) is 13.0 Å². The van der Waals surface area contributed by atoms with E-state index < -0.39 is 0 Å². The zero-order chi connectivity index (χ0) is 10.9. The number of ether oxygens (including phenoxy) is 1. The molecule has 0 aromatic heterocycles. The highest BCUT2D eigenvalue weighted by Gasteiger charge is 2.47. The molecular formula is C12H25NO. The van der Waals surface area contributed by atoms with Crippen LogP contribution in [0.5, 0.6) is 0 Å². The summed E-state index contributed by atoms with van der Waals surface area (Å²) < 4.78 is 6.16. The summed E-state index contributed by atoms with van der Waals surface area (Å²) in [6.45, 7) is 14.5. The molecule has 1 fully saturated rings. The molecule has 84 valence electrons. The molecule has 0 N–H and O–H groups in total. The highest BCUT2D eigenvalue weighted by Crippen LogP contribution is 2.38. The summed E-state index contributed by atoms with van der Waals surface area (Å²) in [7, 11) is 0. The topological polar surface area (TPSA) is 12.5 Å². The fraction of sp³-hybridized carbons (Fsp3) is 1.00. The van der Waals surface area contributed by atoms with Crippen molar-refractivity contribution in [2.75, 3.05) is 6.54 Å². The molecule has 1 heterocycles. The second kappa shape index (κ2) is 4.19. The quantitative estimate of drug-likeness (QED) is 0.693. The minimum atomic E-state index is -0.0203. The Bertz CT molecular complexity index is 191. The molecule has 0 radical (unpaired) electrons. The van der Waals surface area contributed by atoms with Crippen LogP contribution >= 0.6 is 0 Å². The molecule has 0 aromatic rings. The van der Waals surface area contributed by atoms with Crippen molar-refractivity contribution in [3.05, 3.63) is 0 Å². The zero-order valence-electron chi connectivity index (χ0n) is 10.5. The van der Waals surface area contributed by atoms with Gasteiger partial charge in [0.05, 0.1) is 6.10 Å². The van der Waals surface area contributed by atoms with Gasteiger partial charge in [-0.1, -0.05) is 20.8 Å². The summed E-state index contributed by atoms with van der Waals surface area (Å²) in [5, 5.41) is 0. The van der Waals surface area contributed by atoms with E-state index in [4.69, 9.17) is 4.74 Å². The van der Waals surface area contributed by atoms with Gasteiger partial charge in [-0.15, -0.1) is 0 Å². The van der Waals surface area contributed by atoms with Gasteiger partial charge in [-0.3, -0.25) is 4.90 Å². The van der Waals surface area contributed by atoms with Crippen LogP contribution in [0, 0.1) is 5.92 Å². The minimum Gasteiger partial charge on any atom is -0.356 e. The van der Waals surface area contributed by atoms with Crippen molar-refractivity contribution < 1.29 is 4.74 Å². The van der Waals surface area contributed by atoms with Gasteiger partial charge in [0, 0.05) is 12.6 Å². The molecule has 1 saturated heterocycles. The maximum atomic E-state index is 6.16. The van der Waals surface area contributed by atoms with Gasteiger partial charge in [0.25, 0.3) is 0 Å². The molecular weight excluding hydrogens is 174 g/mol. The summed E-state index contributed by atoms with van der Waals surface area (Å²) in [5.74, 6) is 0.555. The first-order valence-corrected chi connectivity index (χ1v) is 5.88. The molecule has 0 saturated carbocycles. The predicted octanol–water partition coefficient (Wildman–Crippen LogP) is 2.88. The Morgan fingerprint density at radius 1 is 1.36 bits per heavy atom. The normalized spacial score (nSPS) is 34.7. The molecule has 0 amide bonds. The summed E-state index contributed by atoms with van der Waals surface area (Å²) in [5.41, 5.74) is -0.0203. The standard InChI is InChI=1S/C12H25NO/c1-7-12(9(2)3)13(10(4)5)8-11(6)14-12/h9-11H,7-8H2,1-6H3/t11-,12-/m1/s1. The van der Waals surface area contributed by atoms with E-state index in [0.29, 0.717) is 18.1 Å². The van der Waals surface area contributed by atoms with Crippen LogP contribution in [-0.4, -0.2) is 29.3 Å². The van der Waals surface area contributed by atoms with Gasteiger partial charge in [-0.05, 0) is 33.1 Å². The van der Waals surface area contributed by atoms with Crippen molar-refractivity contribution in [1.82, 2.24) is 4.90 Å². The SMILES string of the molecule is CC[C@]1(C(C)C)O[C@H](C)CN1C(C)C. The maximum absolute atomic E-state index is 6.16. The van der Waals surface area contributed by atoms with Crippen LogP contribution in [0.3, 0.4) is 0 Å². The van der Waals surface area contributed by atoms with Gasteiger partial charge < -0.3 is 4.74 Å². The smallest absolute Gasteiger partial charge is 0.124 e. The van der Waals surface area contributed by atoms with Crippen LogP contribution in [0.1, 0.15) is 48.0 Å². The average molecular weight is 199 g/mol. The van der Waals surface area contributed by atoms with E-state index in [1.165, 1.54) is 0 Å². The van der Waals surface area contributed by atoms with Crippen LogP contribution in [0.4, 0.5) is 0 Å². The molecule has 1 aliphatic heterocycles. The third-order valence-corrected chi connectivity index (χ3v) is 3.38. The second-order valence-electron chi connectivity index (χ2n) is 5.03. The Balaban J connectivity index is 2.91. The minimum absolute atomic E-state index is 0.0203. The molecule has 0 bridgehead atoms. The lowest BCUT2D eigenvalue weighted by molar-refractivity contribution is -0.143. The van der Waals surface area contributed by atoms with Crippen molar-refractivity contribution in [2.24, 2.45) is 5.92 Å². The van der Waals surface area contributed by atoms with Gasteiger partial charge >= 0.3 is 0 Å². The molecule has 2 nitrogen and oxygen atoms in total. The van der Waals surface area contributed by atoms with Gasteiger partial charge in [-0.25, -0.2) is 0 Å². The van der Waals surface area contributed by atoms with Gasteiger partial charge in [0.2, 0.25) is 0 Å². The predicted molar refractivity (Wildman–Crippen MR) is 60.2 cm³/mol. The highest BCUT2D eigenvalue weighted by atomic mass is 16.5. The number of hydrogen-bond acceptors (Lipinski definition) is 2. The van der Waals surface area contributed by atoms with E-state index in [-0.39, 0.29) is 5.72 Å².